The molecule has 6 rings (SSSR count). The second kappa shape index (κ2) is 12.9. The number of carbonyl (C=O) groups excluding carboxylic acids is 4. The second-order valence-electron chi connectivity index (χ2n) is 15.8. The monoisotopic (exact) mass is 703 g/mol. The predicted molar refractivity (Wildman–Crippen MR) is 185 cm³/mol. The summed E-state index contributed by atoms with van der Waals surface area (Å²) in [4.78, 5) is 54.3. The summed E-state index contributed by atoms with van der Waals surface area (Å²) in [5, 5.41) is 50.9. The van der Waals surface area contributed by atoms with Crippen LogP contribution in [0.1, 0.15) is 89.2 Å². The largest absolute Gasteiger partial charge is 0.459 e. The van der Waals surface area contributed by atoms with Crippen LogP contribution in [0.4, 0.5) is 0 Å². The third kappa shape index (κ3) is 5.55. The molecule has 4 aliphatic rings. The third-order valence-corrected chi connectivity index (χ3v) is 13.0. The highest BCUT2D eigenvalue weighted by Crippen LogP contribution is 2.68. The van der Waals surface area contributed by atoms with Gasteiger partial charge in [-0.15, -0.1) is 0 Å². The molecule has 3 saturated carbocycles. The Labute approximate surface area is 298 Å². The van der Waals surface area contributed by atoms with Crippen molar-refractivity contribution in [2.24, 2.45) is 28.6 Å². The number of amides is 1. The van der Waals surface area contributed by atoms with E-state index in [1.165, 1.54) is 6.92 Å². The molecule has 0 aliphatic heterocycles. The highest BCUT2D eigenvalue weighted by Gasteiger charge is 2.74. The number of fused-ring (bicyclic) bond motifs is 5. The van der Waals surface area contributed by atoms with Gasteiger partial charge < -0.3 is 35.2 Å². The first-order valence-electron chi connectivity index (χ1n) is 17.7. The molecule has 2 aromatic carbocycles. The Bertz CT molecular complexity index is 1740. The van der Waals surface area contributed by atoms with Crippen LogP contribution in [-0.4, -0.2) is 79.7 Å². The average Bonchev–Trinajstić information content (AvgIpc) is 3.09. The fraction of sp³-hybridized carbons (Fsp3) is 0.550. The van der Waals surface area contributed by atoms with Crippen LogP contribution >= 0.6 is 0 Å². The zero-order valence-corrected chi connectivity index (χ0v) is 30.0. The molecule has 3 fully saturated rings. The molecule has 2 bridgehead atoms. The quantitative estimate of drug-likeness (QED) is 0.211. The van der Waals surface area contributed by atoms with Crippen molar-refractivity contribution < 1.29 is 49.1 Å². The molecule has 0 radical (unpaired) electrons. The maximum atomic E-state index is 14.6. The molecular formula is C40H49NO10. The Morgan fingerprint density at radius 1 is 0.980 bits per heavy atom. The Morgan fingerprint density at radius 3 is 2.16 bits per heavy atom. The van der Waals surface area contributed by atoms with Crippen LogP contribution in [0, 0.1) is 28.6 Å². The van der Waals surface area contributed by atoms with Gasteiger partial charge in [0.25, 0.3) is 5.91 Å². The summed E-state index contributed by atoms with van der Waals surface area (Å²) in [5.41, 5.74) is -4.47. The number of hydrogen-bond donors (Lipinski definition) is 5. The lowest BCUT2D eigenvalue weighted by Gasteiger charge is -2.68. The number of esters is 2. The Hall–Kier alpha value is -3.90. The van der Waals surface area contributed by atoms with Gasteiger partial charge in [0.15, 0.2) is 11.9 Å². The van der Waals surface area contributed by atoms with E-state index >= 15 is 0 Å². The minimum absolute atomic E-state index is 0.168. The van der Waals surface area contributed by atoms with E-state index in [4.69, 9.17) is 9.47 Å². The first kappa shape index (κ1) is 36.9. The summed E-state index contributed by atoms with van der Waals surface area (Å²) in [5.74, 6) is -4.76. The number of hydrogen-bond acceptors (Lipinski definition) is 10. The van der Waals surface area contributed by atoms with Crippen LogP contribution in [0.25, 0.3) is 0 Å². The number of Topliss-reactive ketones (excluding diaryl/α,β-unsaturated/α-hetero) is 1. The van der Waals surface area contributed by atoms with Gasteiger partial charge in [-0.1, -0.05) is 69.3 Å². The lowest BCUT2D eigenvalue weighted by atomic mass is 9.39. The van der Waals surface area contributed by atoms with Crippen molar-refractivity contribution in [2.45, 2.75) is 109 Å². The van der Waals surface area contributed by atoms with Crippen molar-refractivity contribution in [2.75, 3.05) is 0 Å². The minimum Gasteiger partial charge on any atom is -0.459 e. The molecule has 0 aromatic heterocycles. The molecule has 0 spiro atoms. The molecule has 0 heterocycles. The molecular weight excluding hydrogens is 654 g/mol. The predicted octanol–water partition coefficient (Wildman–Crippen LogP) is 3.59. The molecule has 11 atom stereocenters. The van der Waals surface area contributed by atoms with Gasteiger partial charge in [0.2, 0.25) is 0 Å². The fourth-order valence-electron chi connectivity index (χ4n) is 10.2. The summed E-state index contributed by atoms with van der Waals surface area (Å²) >= 11 is 0. The fourth-order valence-corrected chi connectivity index (χ4v) is 10.2. The Kier molecular flexibility index (Phi) is 9.36. The van der Waals surface area contributed by atoms with Crippen molar-refractivity contribution in [3.8, 4) is 0 Å². The van der Waals surface area contributed by atoms with Crippen LogP contribution < -0.4 is 5.32 Å². The topological polar surface area (TPSA) is 180 Å². The third-order valence-electron chi connectivity index (χ3n) is 13.0. The maximum absolute atomic E-state index is 14.6. The summed E-state index contributed by atoms with van der Waals surface area (Å²) < 4.78 is 12.1. The molecule has 274 valence electrons. The van der Waals surface area contributed by atoms with E-state index in [0.29, 0.717) is 29.5 Å². The highest BCUT2D eigenvalue weighted by molar-refractivity contribution is 5.95. The van der Waals surface area contributed by atoms with Gasteiger partial charge in [-0.3, -0.25) is 14.4 Å². The molecule has 0 unspecified atom stereocenters. The van der Waals surface area contributed by atoms with Crippen molar-refractivity contribution in [1.82, 2.24) is 5.32 Å². The van der Waals surface area contributed by atoms with Crippen molar-refractivity contribution in [1.29, 1.82) is 0 Å². The number of nitrogens with one attached hydrogen (secondary N) is 1. The zero-order valence-electron chi connectivity index (χ0n) is 30.0. The SMILES string of the molecule is CC(=O)O[C@@]12CC[C@@H]1C[C@H](O)[C@@]1(C)C(=O)[C@H](O)C3=C(C)[C@@H](OC(=O)[C@H](O)[C@@H](NC(=O)c4ccccc4)c4ccccc4)C[C@@](O)([C@@H](C)[C@H]21)C3(C)C. The number of carbonyl (C=O) groups is 4. The summed E-state index contributed by atoms with van der Waals surface area (Å²) in [7, 11) is 0. The van der Waals surface area contributed by atoms with E-state index in [1.54, 1.807) is 95.3 Å². The Balaban J connectivity index is 1.39. The van der Waals surface area contributed by atoms with E-state index in [-0.39, 0.29) is 24.3 Å². The summed E-state index contributed by atoms with van der Waals surface area (Å²) in [6.07, 6.45) is -4.91. The smallest absolute Gasteiger partial charge is 0.338 e. The molecule has 0 saturated heterocycles. The number of aliphatic hydroxyl groups is 4. The first-order valence-corrected chi connectivity index (χ1v) is 17.7. The molecule has 5 N–H and O–H groups in total. The molecule has 51 heavy (non-hydrogen) atoms. The van der Waals surface area contributed by atoms with Crippen molar-refractivity contribution >= 4 is 23.6 Å². The van der Waals surface area contributed by atoms with Crippen LogP contribution in [0.3, 0.4) is 0 Å². The van der Waals surface area contributed by atoms with E-state index in [9.17, 15) is 39.6 Å². The zero-order chi connectivity index (χ0) is 37.3. The number of ether oxygens (including phenoxy) is 2. The first-order chi connectivity index (χ1) is 23.9. The van der Waals surface area contributed by atoms with Gasteiger partial charge in [0.05, 0.1) is 23.2 Å². The maximum Gasteiger partial charge on any atom is 0.338 e. The van der Waals surface area contributed by atoms with Gasteiger partial charge in [0.1, 0.15) is 17.8 Å². The molecule has 1 amide bonds. The number of ketones is 1. The van der Waals surface area contributed by atoms with E-state index in [2.05, 4.69) is 5.32 Å². The van der Waals surface area contributed by atoms with Crippen molar-refractivity contribution in [3.05, 3.63) is 82.9 Å². The number of rotatable bonds is 7. The molecule has 11 nitrogen and oxygen atoms in total. The van der Waals surface area contributed by atoms with Crippen LogP contribution in [-0.2, 0) is 23.9 Å². The molecule has 11 heteroatoms. The van der Waals surface area contributed by atoms with E-state index < -0.39 is 88.0 Å². The Morgan fingerprint density at radius 2 is 1.59 bits per heavy atom. The number of aliphatic hydroxyl groups excluding tert-OH is 3. The van der Waals surface area contributed by atoms with Crippen molar-refractivity contribution in [3.63, 3.8) is 0 Å². The van der Waals surface area contributed by atoms with Crippen LogP contribution in [0.5, 0.6) is 0 Å². The van der Waals surface area contributed by atoms with E-state index in [0.717, 1.165) is 0 Å². The standard InChI is InChI=1S/C40H49NO10/c1-21-27(50-36(48)32(45)30(24-13-9-7-10-14-24)41-35(47)25-15-11-8-12-16-25)20-40(49)22(2)33-38(6,34(46)31(44)29(21)37(40,4)5)28(43)19-26-17-18-39(26,33)51-23(3)42/h7-16,22,26-28,30-33,43-45,49H,17-20H2,1-6H3,(H,41,47)/t22-,26+,27-,28-,30-,31+,32+,33-,38+,39-,40+/m0/s1. The van der Waals surface area contributed by atoms with Gasteiger partial charge in [0, 0.05) is 36.2 Å². The van der Waals surface area contributed by atoms with Crippen LogP contribution in [0.15, 0.2) is 71.8 Å². The molecule has 2 aromatic rings. The molecule has 4 aliphatic carbocycles. The summed E-state index contributed by atoms with van der Waals surface area (Å²) in [6.45, 7) is 9.74. The van der Waals surface area contributed by atoms with Gasteiger partial charge in [-0.2, -0.15) is 0 Å². The highest BCUT2D eigenvalue weighted by atomic mass is 16.6. The van der Waals surface area contributed by atoms with E-state index in [1.807, 2.05) is 0 Å². The lowest BCUT2D eigenvalue weighted by Crippen LogP contribution is -2.76. The van der Waals surface area contributed by atoms with Gasteiger partial charge >= 0.3 is 11.9 Å². The van der Waals surface area contributed by atoms with Gasteiger partial charge in [-0.05, 0) is 67.9 Å². The summed E-state index contributed by atoms with van der Waals surface area (Å²) in [6, 6.07) is 15.7. The number of benzene rings is 2. The van der Waals surface area contributed by atoms with Crippen LogP contribution in [0.2, 0.25) is 0 Å². The van der Waals surface area contributed by atoms with Gasteiger partial charge in [-0.25, -0.2) is 4.79 Å². The minimum atomic E-state index is -1.88. The second-order valence-corrected chi connectivity index (χ2v) is 15.8. The normalized spacial score (nSPS) is 36.5. The lowest BCUT2D eigenvalue weighted by molar-refractivity contribution is -0.282. The average molecular weight is 704 g/mol.